The van der Waals surface area contributed by atoms with E-state index in [0.29, 0.717) is 25.4 Å². The smallest absolute Gasteiger partial charge is 0.325 e. The van der Waals surface area contributed by atoms with E-state index in [1.54, 1.807) is 12.5 Å². The maximum atomic E-state index is 11.0. The van der Waals surface area contributed by atoms with Crippen molar-refractivity contribution in [3.05, 3.63) is 77.2 Å². The van der Waals surface area contributed by atoms with Crippen LogP contribution >= 0.6 is 7.60 Å². The number of nitrogens with zero attached hydrogens (tertiary/aromatic N) is 1. The van der Waals surface area contributed by atoms with Gasteiger partial charge < -0.3 is 24.8 Å². The van der Waals surface area contributed by atoms with Crippen LogP contribution in [0.5, 0.6) is 0 Å². The molecule has 2 aromatic carbocycles. The molecule has 0 spiro atoms. The van der Waals surface area contributed by atoms with E-state index in [-0.39, 0.29) is 6.16 Å². The molecule has 0 aliphatic heterocycles. The molecule has 1 aromatic heterocycles. The van der Waals surface area contributed by atoms with Crippen LogP contribution in [0.2, 0.25) is 0 Å². The Hall–Kier alpha value is -2.88. The van der Waals surface area contributed by atoms with Crippen molar-refractivity contribution in [1.29, 1.82) is 5.26 Å². The zero-order chi connectivity index (χ0) is 26.0. The molecule has 3 rings (SSSR count). The topological polar surface area (TPSA) is 119 Å². The van der Waals surface area contributed by atoms with E-state index in [0.717, 1.165) is 59.3 Å². The molecule has 36 heavy (non-hydrogen) atoms. The second-order valence-electron chi connectivity index (χ2n) is 9.54. The highest BCUT2D eigenvalue weighted by molar-refractivity contribution is 7.51. The van der Waals surface area contributed by atoms with Crippen molar-refractivity contribution in [2.75, 3.05) is 24.6 Å². The Balaban J connectivity index is 1.57. The molecule has 0 bridgehead atoms. The summed E-state index contributed by atoms with van der Waals surface area (Å²) in [5.41, 5.74) is 7.21. The van der Waals surface area contributed by atoms with Gasteiger partial charge in [-0.25, -0.2) is 0 Å². The summed E-state index contributed by atoms with van der Waals surface area (Å²) in [5, 5.41) is 16.3. The summed E-state index contributed by atoms with van der Waals surface area (Å²) in [5.74, 6) is 0.520. The van der Waals surface area contributed by atoms with Crippen molar-refractivity contribution in [3.63, 3.8) is 0 Å². The Morgan fingerprint density at radius 2 is 1.86 bits per heavy atom. The van der Waals surface area contributed by atoms with Crippen LogP contribution < -0.4 is 10.6 Å². The van der Waals surface area contributed by atoms with Gasteiger partial charge >= 0.3 is 7.60 Å². The summed E-state index contributed by atoms with van der Waals surface area (Å²) in [6.45, 7) is 6.27. The molecule has 8 heteroatoms. The van der Waals surface area contributed by atoms with E-state index >= 15 is 0 Å². The van der Waals surface area contributed by atoms with Crippen LogP contribution in [0.1, 0.15) is 48.9 Å². The largest absolute Gasteiger partial charge is 0.472 e. The summed E-state index contributed by atoms with van der Waals surface area (Å²) in [6.07, 6.45) is 6.43. The first kappa shape index (κ1) is 27.7. The van der Waals surface area contributed by atoms with Crippen LogP contribution in [0.15, 0.2) is 59.4 Å². The minimum absolute atomic E-state index is 0.108. The molecule has 1 heterocycles. The fourth-order valence-corrected chi connectivity index (χ4v) is 4.74. The van der Waals surface area contributed by atoms with Crippen molar-refractivity contribution in [1.82, 2.24) is 5.32 Å². The van der Waals surface area contributed by atoms with E-state index in [9.17, 15) is 9.83 Å². The predicted molar refractivity (Wildman–Crippen MR) is 144 cm³/mol. The average molecular weight is 510 g/mol. The lowest BCUT2D eigenvalue weighted by Gasteiger charge is -2.14. The van der Waals surface area contributed by atoms with Crippen molar-refractivity contribution in [3.8, 4) is 17.2 Å². The normalized spacial score (nSPS) is 11.6. The average Bonchev–Trinajstić information content (AvgIpc) is 3.36. The maximum absolute atomic E-state index is 11.0. The summed E-state index contributed by atoms with van der Waals surface area (Å²) < 4.78 is 16.3. The Kier molecular flexibility index (Phi) is 10.3. The standard InChI is InChI=1S/C28H36N3O4P/c1-21(2)15-24-8-6-22(16-26(24)18-29)5-3-12-31-28-9-7-23(17-27(28)25-10-13-35-20-25)19-30-11-4-14-36(32,33)34/h6-10,13,16-17,20-21,30-31H,3-5,11-12,14-15,19H2,1-2H3,(H2,32,33,34). The summed E-state index contributed by atoms with van der Waals surface area (Å²) in [6, 6.07) is 16.8. The van der Waals surface area contributed by atoms with Crippen molar-refractivity contribution >= 4 is 13.3 Å². The highest BCUT2D eigenvalue weighted by Crippen LogP contribution is 2.34. The quantitative estimate of drug-likeness (QED) is 0.162. The van der Waals surface area contributed by atoms with Crippen molar-refractivity contribution < 1.29 is 18.8 Å². The fourth-order valence-electron chi connectivity index (χ4n) is 4.17. The minimum Gasteiger partial charge on any atom is -0.472 e. The first-order valence-electron chi connectivity index (χ1n) is 12.4. The number of nitrogens with one attached hydrogen (secondary N) is 2. The van der Waals surface area contributed by atoms with Gasteiger partial charge in [0.15, 0.2) is 0 Å². The number of aryl methyl sites for hydroxylation is 1. The van der Waals surface area contributed by atoms with Gasteiger partial charge in [0.05, 0.1) is 30.3 Å². The summed E-state index contributed by atoms with van der Waals surface area (Å²) in [7, 11) is -3.94. The zero-order valence-corrected chi connectivity index (χ0v) is 21.9. The third-order valence-corrected chi connectivity index (χ3v) is 6.83. The van der Waals surface area contributed by atoms with Crippen LogP contribution in [0, 0.1) is 17.2 Å². The molecular formula is C28H36N3O4P. The van der Waals surface area contributed by atoms with Gasteiger partial charge in [-0.05, 0) is 79.1 Å². The van der Waals surface area contributed by atoms with Gasteiger partial charge in [-0.3, -0.25) is 4.57 Å². The fraction of sp³-hybridized carbons (Fsp3) is 0.393. The molecule has 0 fully saturated rings. The number of furan rings is 1. The Labute approximate surface area is 213 Å². The monoisotopic (exact) mass is 509 g/mol. The van der Waals surface area contributed by atoms with Gasteiger partial charge in [-0.2, -0.15) is 5.26 Å². The Morgan fingerprint density at radius 1 is 1.06 bits per heavy atom. The highest BCUT2D eigenvalue weighted by Gasteiger charge is 2.12. The van der Waals surface area contributed by atoms with E-state index < -0.39 is 7.60 Å². The molecule has 0 aliphatic rings. The Bertz CT molecular complexity index is 1200. The lowest BCUT2D eigenvalue weighted by molar-refractivity contribution is 0.371. The van der Waals surface area contributed by atoms with Gasteiger partial charge in [0.1, 0.15) is 0 Å². The first-order chi connectivity index (χ1) is 17.2. The van der Waals surface area contributed by atoms with E-state index in [2.05, 4.69) is 60.9 Å². The minimum atomic E-state index is -3.94. The number of anilines is 1. The van der Waals surface area contributed by atoms with E-state index in [1.165, 1.54) is 5.56 Å². The second-order valence-corrected chi connectivity index (χ2v) is 11.3. The third-order valence-electron chi connectivity index (χ3n) is 5.93. The van der Waals surface area contributed by atoms with Crippen LogP contribution in [0.4, 0.5) is 5.69 Å². The van der Waals surface area contributed by atoms with Crippen molar-refractivity contribution in [2.24, 2.45) is 5.92 Å². The summed E-state index contributed by atoms with van der Waals surface area (Å²) in [4.78, 5) is 18.0. The Morgan fingerprint density at radius 3 is 2.56 bits per heavy atom. The zero-order valence-electron chi connectivity index (χ0n) is 21.0. The molecule has 192 valence electrons. The molecule has 3 aromatic rings. The van der Waals surface area contributed by atoms with Gasteiger partial charge in [-0.1, -0.05) is 32.0 Å². The van der Waals surface area contributed by atoms with Crippen LogP contribution in [0.3, 0.4) is 0 Å². The van der Waals surface area contributed by atoms with E-state index in [1.807, 2.05) is 12.1 Å². The van der Waals surface area contributed by atoms with Crippen molar-refractivity contribution in [2.45, 2.75) is 46.1 Å². The SMILES string of the molecule is CC(C)Cc1ccc(CCCNc2ccc(CNCCCP(=O)(O)O)cc2-c2ccoc2)cc1C#N. The molecule has 4 N–H and O–H groups in total. The molecular weight excluding hydrogens is 473 g/mol. The molecule has 0 aliphatic carbocycles. The predicted octanol–water partition coefficient (Wildman–Crippen LogP) is 5.72. The maximum Gasteiger partial charge on any atom is 0.325 e. The lowest BCUT2D eigenvalue weighted by atomic mass is 9.95. The second kappa shape index (κ2) is 13.4. The highest BCUT2D eigenvalue weighted by atomic mass is 31.2. The van der Waals surface area contributed by atoms with Gasteiger partial charge in [0.25, 0.3) is 0 Å². The van der Waals surface area contributed by atoms with Gasteiger partial charge in [0, 0.05) is 29.9 Å². The molecule has 0 amide bonds. The van der Waals surface area contributed by atoms with E-state index in [4.69, 9.17) is 14.2 Å². The molecule has 0 atom stereocenters. The lowest BCUT2D eigenvalue weighted by Crippen LogP contribution is -2.16. The number of hydrogen-bond acceptors (Lipinski definition) is 5. The molecule has 0 saturated carbocycles. The summed E-state index contributed by atoms with van der Waals surface area (Å²) >= 11 is 0. The van der Waals surface area contributed by atoms with Crippen LogP contribution in [0.25, 0.3) is 11.1 Å². The molecule has 0 radical (unpaired) electrons. The number of benzene rings is 2. The first-order valence-corrected chi connectivity index (χ1v) is 14.2. The molecule has 0 saturated heterocycles. The molecule has 7 nitrogen and oxygen atoms in total. The number of rotatable bonds is 14. The molecule has 0 unspecified atom stereocenters. The van der Waals surface area contributed by atoms with Crippen LogP contribution in [-0.2, 0) is 24.0 Å². The van der Waals surface area contributed by atoms with Crippen LogP contribution in [-0.4, -0.2) is 29.0 Å². The van der Waals surface area contributed by atoms with Gasteiger partial charge in [0.2, 0.25) is 0 Å². The van der Waals surface area contributed by atoms with Gasteiger partial charge in [-0.15, -0.1) is 0 Å². The number of nitriles is 1. The third kappa shape index (κ3) is 8.96. The number of hydrogen-bond donors (Lipinski definition) is 4.